The normalized spacial score (nSPS) is 19.4. The summed E-state index contributed by atoms with van der Waals surface area (Å²) in [4.78, 5) is 23.2. The van der Waals surface area contributed by atoms with E-state index in [4.69, 9.17) is 5.11 Å². The number of carboxylic acid groups (broad SMARTS) is 1. The minimum absolute atomic E-state index is 0.109. The number of benzene rings is 1. The molecule has 1 heterocycles. The Morgan fingerprint density at radius 1 is 1.56 bits per heavy atom. The summed E-state index contributed by atoms with van der Waals surface area (Å²) in [5.41, 5.74) is 0.419. The van der Waals surface area contributed by atoms with Gasteiger partial charge in [-0.1, -0.05) is 6.07 Å². The van der Waals surface area contributed by atoms with Crippen LogP contribution >= 0.6 is 0 Å². The lowest BCUT2D eigenvalue weighted by Crippen LogP contribution is -2.53. The predicted molar refractivity (Wildman–Crippen MR) is 54.5 cm³/mol. The summed E-state index contributed by atoms with van der Waals surface area (Å²) < 4.78 is 13.0. The summed E-state index contributed by atoms with van der Waals surface area (Å²) in [5.74, 6) is -1.57. The van der Waals surface area contributed by atoms with Crippen molar-refractivity contribution in [2.45, 2.75) is 18.9 Å². The number of hydrogen-bond donors (Lipinski definition) is 1. The lowest BCUT2D eigenvalue weighted by atomic mass is 9.97. The maximum Gasteiger partial charge on any atom is 0.305 e. The minimum atomic E-state index is -0.959. The molecule has 4 nitrogen and oxygen atoms in total. The van der Waals surface area contributed by atoms with Gasteiger partial charge >= 0.3 is 5.97 Å². The topological polar surface area (TPSA) is 57.6 Å². The van der Waals surface area contributed by atoms with E-state index >= 15 is 0 Å². The highest BCUT2D eigenvalue weighted by Crippen LogP contribution is 2.29. The molecule has 1 N–H and O–H groups in total. The summed E-state index contributed by atoms with van der Waals surface area (Å²) in [7, 11) is 0. The van der Waals surface area contributed by atoms with Gasteiger partial charge in [0, 0.05) is 12.1 Å². The van der Waals surface area contributed by atoms with Gasteiger partial charge in [0.1, 0.15) is 5.82 Å². The maximum atomic E-state index is 13.0. The Balaban J connectivity index is 2.19. The van der Waals surface area contributed by atoms with E-state index in [0.29, 0.717) is 5.69 Å². The third-order valence-corrected chi connectivity index (χ3v) is 2.54. The van der Waals surface area contributed by atoms with E-state index in [1.165, 1.54) is 23.1 Å². The zero-order valence-electron chi connectivity index (χ0n) is 8.39. The molecule has 1 aliphatic rings. The van der Waals surface area contributed by atoms with Crippen LogP contribution in [0, 0.1) is 5.82 Å². The Kier molecular flexibility index (Phi) is 2.60. The molecule has 1 aliphatic heterocycles. The minimum Gasteiger partial charge on any atom is -0.481 e. The van der Waals surface area contributed by atoms with E-state index in [1.54, 1.807) is 6.07 Å². The van der Waals surface area contributed by atoms with Crippen LogP contribution in [0.2, 0.25) is 0 Å². The summed E-state index contributed by atoms with van der Waals surface area (Å²) in [6.07, 6.45) is 0.102. The summed E-state index contributed by atoms with van der Waals surface area (Å²) in [5, 5.41) is 8.64. The van der Waals surface area contributed by atoms with Crippen molar-refractivity contribution in [3.8, 4) is 0 Å². The molecule has 84 valence electrons. The zero-order chi connectivity index (χ0) is 11.7. The van der Waals surface area contributed by atoms with Gasteiger partial charge in [0.05, 0.1) is 12.5 Å². The number of aliphatic carboxylic acids is 1. The fraction of sp³-hybridized carbons (Fsp3) is 0.273. The third-order valence-electron chi connectivity index (χ3n) is 2.54. The van der Waals surface area contributed by atoms with Crippen molar-refractivity contribution in [3.05, 3.63) is 30.1 Å². The van der Waals surface area contributed by atoms with Gasteiger partial charge in [0.15, 0.2) is 0 Å². The number of carboxylic acids is 1. The number of carbonyl (C=O) groups excluding carboxylic acids is 1. The van der Waals surface area contributed by atoms with Crippen LogP contribution < -0.4 is 4.90 Å². The second kappa shape index (κ2) is 3.92. The van der Waals surface area contributed by atoms with Gasteiger partial charge in [0.2, 0.25) is 5.91 Å². The van der Waals surface area contributed by atoms with Crippen LogP contribution in [-0.4, -0.2) is 23.0 Å². The van der Waals surface area contributed by atoms with Crippen molar-refractivity contribution in [1.82, 2.24) is 0 Å². The molecule has 1 amide bonds. The van der Waals surface area contributed by atoms with E-state index < -0.39 is 11.8 Å². The van der Waals surface area contributed by atoms with Crippen LogP contribution in [0.4, 0.5) is 10.1 Å². The number of carbonyl (C=O) groups is 2. The first-order valence-electron chi connectivity index (χ1n) is 4.87. The van der Waals surface area contributed by atoms with Crippen LogP contribution in [0.5, 0.6) is 0 Å². The highest BCUT2D eigenvalue weighted by molar-refractivity contribution is 6.01. The number of hydrogen-bond acceptors (Lipinski definition) is 2. The molecular formula is C11H10FNO3. The van der Waals surface area contributed by atoms with Crippen LogP contribution in [0.3, 0.4) is 0 Å². The molecule has 5 heteroatoms. The average molecular weight is 223 g/mol. The number of nitrogens with zero attached hydrogens (tertiary/aromatic N) is 1. The van der Waals surface area contributed by atoms with E-state index in [-0.39, 0.29) is 24.8 Å². The highest BCUT2D eigenvalue weighted by atomic mass is 19.1. The second-order valence-electron chi connectivity index (χ2n) is 3.70. The molecule has 1 fully saturated rings. The molecule has 0 aliphatic carbocycles. The Morgan fingerprint density at radius 3 is 2.88 bits per heavy atom. The Bertz CT molecular complexity index is 447. The Labute approximate surface area is 91.3 Å². The monoisotopic (exact) mass is 223 g/mol. The van der Waals surface area contributed by atoms with E-state index in [9.17, 15) is 14.0 Å². The van der Waals surface area contributed by atoms with Gasteiger partial charge in [-0.2, -0.15) is 0 Å². The average Bonchev–Trinajstić information content (AvgIpc) is 2.15. The number of anilines is 1. The molecule has 2 rings (SSSR count). The first kappa shape index (κ1) is 10.6. The van der Waals surface area contributed by atoms with E-state index in [0.717, 1.165) is 0 Å². The van der Waals surface area contributed by atoms with Crippen LogP contribution in [0.25, 0.3) is 0 Å². The lowest BCUT2D eigenvalue weighted by Gasteiger charge is -2.39. The van der Waals surface area contributed by atoms with Crippen molar-refractivity contribution in [3.63, 3.8) is 0 Å². The van der Waals surface area contributed by atoms with E-state index in [1.807, 2.05) is 0 Å². The lowest BCUT2D eigenvalue weighted by molar-refractivity contribution is -0.138. The zero-order valence-corrected chi connectivity index (χ0v) is 8.39. The third kappa shape index (κ3) is 1.88. The predicted octanol–water partition coefficient (Wildman–Crippen LogP) is 1.41. The molecule has 1 atom stereocenters. The smallest absolute Gasteiger partial charge is 0.305 e. The fourth-order valence-electron chi connectivity index (χ4n) is 1.83. The standard InChI is InChI=1S/C11H10FNO3/c12-7-2-1-3-8(4-7)13-9(5-10(13)14)6-11(15)16/h1-4,9H,5-6H2,(H,15,16). The quantitative estimate of drug-likeness (QED) is 0.788. The van der Waals surface area contributed by atoms with Crippen molar-refractivity contribution in [2.24, 2.45) is 0 Å². The molecule has 0 saturated carbocycles. The first-order valence-corrected chi connectivity index (χ1v) is 4.87. The Hall–Kier alpha value is -1.91. The molecule has 16 heavy (non-hydrogen) atoms. The molecule has 0 radical (unpaired) electrons. The van der Waals surface area contributed by atoms with Gasteiger partial charge in [-0.3, -0.25) is 9.59 Å². The number of rotatable bonds is 3. The van der Waals surface area contributed by atoms with Gasteiger partial charge in [-0.15, -0.1) is 0 Å². The molecule has 0 spiro atoms. The van der Waals surface area contributed by atoms with Crippen LogP contribution in [0.15, 0.2) is 24.3 Å². The van der Waals surface area contributed by atoms with Crippen molar-refractivity contribution >= 4 is 17.6 Å². The summed E-state index contributed by atoms with van der Waals surface area (Å²) in [6.45, 7) is 0. The summed E-state index contributed by atoms with van der Waals surface area (Å²) in [6, 6.07) is 5.24. The SMILES string of the molecule is O=C(O)CC1CC(=O)N1c1cccc(F)c1. The molecule has 0 aromatic heterocycles. The summed E-state index contributed by atoms with van der Waals surface area (Å²) >= 11 is 0. The van der Waals surface area contributed by atoms with Crippen LogP contribution in [0.1, 0.15) is 12.8 Å². The molecule has 1 unspecified atom stereocenters. The van der Waals surface area contributed by atoms with Gasteiger partial charge in [-0.25, -0.2) is 4.39 Å². The number of halogens is 1. The van der Waals surface area contributed by atoms with Crippen molar-refractivity contribution in [1.29, 1.82) is 0 Å². The molecule has 1 saturated heterocycles. The molecule has 1 aromatic carbocycles. The maximum absolute atomic E-state index is 13.0. The number of β-lactam (4-membered cyclic amide) rings is 1. The highest BCUT2D eigenvalue weighted by Gasteiger charge is 2.38. The molecule has 1 aromatic rings. The largest absolute Gasteiger partial charge is 0.481 e. The van der Waals surface area contributed by atoms with Crippen molar-refractivity contribution in [2.75, 3.05) is 4.90 Å². The van der Waals surface area contributed by atoms with Crippen LogP contribution in [-0.2, 0) is 9.59 Å². The Morgan fingerprint density at radius 2 is 2.31 bits per heavy atom. The fourth-order valence-corrected chi connectivity index (χ4v) is 1.83. The molecule has 0 bridgehead atoms. The van der Waals surface area contributed by atoms with Gasteiger partial charge < -0.3 is 10.0 Å². The van der Waals surface area contributed by atoms with E-state index in [2.05, 4.69) is 0 Å². The number of amides is 1. The first-order chi connectivity index (χ1) is 7.58. The van der Waals surface area contributed by atoms with Gasteiger partial charge in [0.25, 0.3) is 0 Å². The van der Waals surface area contributed by atoms with Gasteiger partial charge in [-0.05, 0) is 18.2 Å². The molecular weight excluding hydrogens is 213 g/mol. The van der Waals surface area contributed by atoms with Crippen molar-refractivity contribution < 1.29 is 19.1 Å². The second-order valence-corrected chi connectivity index (χ2v) is 3.70.